The highest BCUT2D eigenvalue weighted by Crippen LogP contribution is 2.33. The maximum atomic E-state index is 12.9. The summed E-state index contributed by atoms with van der Waals surface area (Å²) < 4.78 is 54.4. The first-order chi connectivity index (χ1) is 16.0. The van der Waals surface area contributed by atoms with Gasteiger partial charge in [0.1, 0.15) is 16.9 Å². The van der Waals surface area contributed by atoms with E-state index in [1.807, 2.05) is 0 Å². The molecule has 2 N–H and O–H groups in total. The van der Waals surface area contributed by atoms with Crippen LogP contribution in [-0.4, -0.2) is 28.7 Å². The first-order valence-electron chi connectivity index (χ1n) is 9.77. The molecule has 12 heteroatoms. The number of carbonyl (C=O) groups excluding carboxylic acids is 2. The Morgan fingerprint density at radius 3 is 2.62 bits per heavy atom. The van der Waals surface area contributed by atoms with Crippen LogP contribution in [0.1, 0.15) is 27.6 Å². The minimum Gasteiger partial charge on any atom is -0.450 e. The van der Waals surface area contributed by atoms with Crippen molar-refractivity contribution in [2.45, 2.75) is 20.0 Å². The number of carbonyl (C=O) groups is 2. The van der Waals surface area contributed by atoms with E-state index in [0.29, 0.717) is 16.8 Å². The molecule has 0 spiro atoms. The van der Waals surface area contributed by atoms with Crippen molar-refractivity contribution in [3.8, 4) is 11.3 Å². The number of hydrogen-bond donors (Lipinski definition) is 2. The number of halogens is 3. The Morgan fingerprint density at radius 2 is 1.88 bits per heavy atom. The topological polar surface area (TPSA) is 127 Å². The summed E-state index contributed by atoms with van der Waals surface area (Å²) in [5, 5.41) is 9.06. The highest BCUT2D eigenvalue weighted by Gasteiger charge is 2.30. The number of alkyl halides is 3. The van der Waals surface area contributed by atoms with Crippen molar-refractivity contribution in [3.05, 3.63) is 69.5 Å². The predicted octanol–water partition coefficient (Wildman–Crippen LogP) is 4.21. The first kappa shape index (κ1) is 22.8. The third-order valence-corrected chi connectivity index (χ3v) is 4.87. The molecule has 0 aliphatic carbocycles. The van der Waals surface area contributed by atoms with E-state index in [2.05, 4.69) is 15.5 Å². The summed E-state index contributed by atoms with van der Waals surface area (Å²) in [7, 11) is 0. The van der Waals surface area contributed by atoms with Crippen LogP contribution in [0.5, 0.6) is 0 Å². The van der Waals surface area contributed by atoms with E-state index in [4.69, 9.17) is 13.6 Å². The van der Waals surface area contributed by atoms with Gasteiger partial charge in [-0.2, -0.15) is 18.3 Å². The highest BCUT2D eigenvalue weighted by atomic mass is 19.4. The number of benzene rings is 1. The third-order valence-electron chi connectivity index (χ3n) is 4.87. The van der Waals surface area contributed by atoms with Gasteiger partial charge in [-0.05, 0) is 38.1 Å². The molecule has 1 amide bonds. The molecule has 0 saturated heterocycles. The van der Waals surface area contributed by atoms with Gasteiger partial charge in [0.25, 0.3) is 11.5 Å². The third kappa shape index (κ3) is 4.42. The lowest BCUT2D eigenvalue weighted by atomic mass is 10.1. The van der Waals surface area contributed by atoms with Gasteiger partial charge in [-0.3, -0.25) is 14.9 Å². The van der Waals surface area contributed by atoms with E-state index in [-0.39, 0.29) is 28.4 Å². The van der Waals surface area contributed by atoms with Crippen LogP contribution in [0.25, 0.3) is 22.1 Å². The smallest absolute Gasteiger partial charge is 0.416 e. The van der Waals surface area contributed by atoms with Crippen LogP contribution in [0.3, 0.4) is 0 Å². The lowest BCUT2D eigenvalue weighted by Gasteiger charge is -2.07. The minimum absolute atomic E-state index is 0.0169. The SMILES string of the molecule is Cc1n[nH]c(=O)c2c(NC(=O)COC(=O)c3ccc(-c4cccc(C(F)(F)F)c4)o3)oc(C)c12. The largest absolute Gasteiger partial charge is 0.450 e. The van der Waals surface area contributed by atoms with E-state index < -0.39 is 35.8 Å². The van der Waals surface area contributed by atoms with Crippen molar-refractivity contribution < 1.29 is 36.3 Å². The fourth-order valence-corrected chi connectivity index (χ4v) is 3.35. The lowest BCUT2D eigenvalue weighted by Crippen LogP contribution is -2.21. The second-order valence-electron chi connectivity index (χ2n) is 7.24. The molecule has 4 aromatic rings. The van der Waals surface area contributed by atoms with Crippen LogP contribution in [0, 0.1) is 13.8 Å². The number of H-pyrrole nitrogens is 1. The van der Waals surface area contributed by atoms with Gasteiger partial charge in [0.2, 0.25) is 11.6 Å². The molecular formula is C22H16F3N3O6. The Balaban J connectivity index is 1.43. The van der Waals surface area contributed by atoms with Crippen molar-refractivity contribution in [3.63, 3.8) is 0 Å². The zero-order valence-corrected chi connectivity index (χ0v) is 17.7. The number of fused-ring (bicyclic) bond motifs is 1. The van der Waals surface area contributed by atoms with Crippen LogP contribution in [0.2, 0.25) is 0 Å². The molecule has 1 aromatic carbocycles. The fraction of sp³-hybridized carbons (Fsp3) is 0.182. The second kappa shape index (κ2) is 8.54. The highest BCUT2D eigenvalue weighted by molar-refractivity contribution is 6.02. The number of aromatic amines is 1. The predicted molar refractivity (Wildman–Crippen MR) is 112 cm³/mol. The molecule has 3 heterocycles. The maximum Gasteiger partial charge on any atom is 0.416 e. The van der Waals surface area contributed by atoms with Crippen molar-refractivity contribution in [1.29, 1.82) is 0 Å². The van der Waals surface area contributed by atoms with Crippen LogP contribution in [-0.2, 0) is 15.7 Å². The van der Waals surface area contributed by atoms with Gasteiger partial charge in [0, 0.05) is 5.56 Å². The average molecular weight is 475 g/mol. The number of rotatable bonds is 5. The molecule has 0 unspecified atom stereocenters. The molecule has 0 aliphatic heterocycles. The van der Waals surface area contributed by atoms with Gasteiger partial charge in [-0.15, -0.1) is 0 Å². The molecule has 0 atom stereocenters. The maximum absolute atomic E-state index is 12.9. The first-order valence-corrected chi connectivity index (χ1v) is 9.77. The molecule has 4 rings (SSSR count). The van der Waals surface area contributed by atoms with Gasteiger partial charge in [-0.25, -0.2) is 9.89 Å². The van der Waals surface area contributed by atoms with Crippen molar-refractivity contribution >= 4 is 28.5 Å². The van der Waals surface area contributed by atoms with Crippen molar-refractivity contribution in [2.75, 3.05) is 11.9 Å². The fourth-order valence-electron chi connectivity index (χ4n) is 3.35. The monoisotopic (exact) mass is 475 g/mol. The molecule has 176 valence electrons. The van der Waals surface area contributed by atoms with Crippen molar-refractivity contribution in [2.24, 2.45) is 0 Å². The summed E-state index contributed by atoms with van der Waals surface area (Å²) in [4.78, 5) is 36.6. The minimum atomic E-state index is -4.53. The zero-order chi connectivity index (χ0) is 24.6. The Hall–Kier alpha value is -4.35. The number of furan rings is 2. The molecule has 3 aromatic heterocycles. The van der Waals surface area contributed by atoms with Crippen LogP contribution >= 0.6 is 0 Å². The molecule has 0 radical (unpaired) electrons. The van der Waals surface area contributed by atoms with Gasteiger partial charge < -0.3 is 13.6 Å². The number of esters is 1. The van der Waals surface area contributed by atoms with Crippen molar-refractivity contribution in [1.82, 2.24) is 10.2 Å². The Labute approximate surface area is 188 Å². The number of nitrogens with zero attached hydrogens (tertiary/aromatic N) is 1. The van der Waals surface area contributed by atoms with Gasteiger partial charge in [-0.1, -0.05) is 12.1 Å². The van der Waals surface area contributed by atoms with E-state index in [0.717, 1.165) is 12.1 Å². The number of aryl methyl sites for hydroxylation is 2. The molecule has 9 nitrogen and oxygen atoms in total. The molecular weight excluding hydrogens is 459 g/mol. The Bertz CT molecular complexity index is 1460. The summed E-state index contributed by atoms with van der Waals surface area (Å²) in [5.41, 5.74) is -0.825. The number of amides is 1. The van der Waals surface area contributed by atoms with E-state index in [9.17, 15) is 27.6 Å². The summed E-state index contributed by atoms with van der Waals surface area (Å²) in [6.45, 7) is 2.53. The molecule has 0 bridgehead atoms. The summed E-state index contributed by atoms with van der Waals surface area (Å²) >= 11 is 0. The van der Waals surface area contributed by atoms with Gasteiger partial charge >= 0.3 is 12.1 Å². The van der Waals surface area contributed by atoms with Crippen LogP contribution < -0.4 is 10.9 Å². The molecule has 34 heavy (non-hydrogen) atoms. The Morgan fingerprint density at radius 1 is 1.12 bits per heavy atom. The van der Waals surface area contributed by atoms with Gasteiger partial charge in [0.05, 0.1) is 16.6 Å². The number of aromatic nitrogens is 2. The average Bonchev–Trinajstić information content (AvgIpc) is 3.40. The number of hydrogen-bond acceptors (Lipinski definition) is 7. The number of ether oxygens (including phenoxy) is 1. The molecule has 0 fully saturated rings. The summed E-state index contributed by atoms with van der Waals surface area (Å²) in [6.07, 6.45) is -4.53. The van der Waals surface area contributed by atoms with Crippen LogP contribution in [0.4, 0.5) is 19.1 Å². The lowest BCUT2D eigenvalue weighted by molar-refractivity contribution is -0.137. The second-order valence-corrected chi connectivity index (χ2v) is 7.24. The molecule has 0 saturated carbocycles. The quantitative estimate of drug-likeness (QED) is 0.414. The number of nitrogens with one attached hydrogen (secondary N) is 2. The standard InChI is InChI=1S/C22H16F3N3O6/c1-10-17-11(2)33-20(18(17)19(30)28-27-10)26-16(29)9-32-21(31)15-7-6-14(34-15)12-4-3-5-13(8-12)22(23,24)25/h3-8H,9H2,1-2H3,(H,26,29)(H,28,30). The molecule has 0 aliphatic rings. The van der Waals surface area contributed by atoms with E-state index in [1.54, 1.807) is 13.8 Å². The zero-order valence-electron chi connectivity index (χ0n) is 17.7. The summed E-state index contributed by atoms with van der Waals surface area (Å²) in [6, 6.07) is 6.93. The number of anilines is 1. The van der Waals surface area contributed by atoms with Gasteiger partial charge in [0.15, 0.2) is 6.61 Å². The summed E-state index contributed by atoms with van der Waals surface area (Å²) in [5.74, 6) is -1.84. The van der Waals surface area contributed by atoms with E-state index >= 15 is 0 Å². The Kier molecular flexibility index (Phi) is 5.73. The van der Waals surface area contributed by atoms with Crippen LogP contribution in [0.15, 0.2) is 50.0 Å². The normalized spacial score (nSPS) is 11.6. The van der Waals surface area contributed by atoms with E-state index in [1.165, 1.54) is 24.3 Å².